The van der Waals surface area contributed by atoms with Crippen LogP contribution in [0.4, 0.5) is 0 Å². The normalized spacial score (nSPS) is 32.6. The number of rotatable bonds is 1. The molecule has 0 aromatic rings. The summed E-state index contributed by atoms with van der Waals surface area (Å²) in [6, 6.07) is 0.394. The standard InChI is InChI=1S/C5H6N2O4S/c6-1-4-2-12(10,11)3-5(4)7(8)9/h4-5H,2-3H2. The Kier molecular flexibility index (Phi) is 2.02. The van der Waals surface area contributed by atoms with Gasteiger partial charge in [-0.25, -0.2) is 8.42 Å². The van der Waals surface area contributed by atoms with E-state index in [9.17, 15) is 18.5 Å². The number of nitrogens with zero attached hydrogens (tertiary/aromatic N) is 2. The molecule has 0 amide bonds. The zero-order chi connectivity index (χ0) is 9.35. The van der Waals surface area contributed by atoms with Crippen molar-refractivity contribution in [2.75, 3.05) is 11.5 Å². The van der Waals surface area contributed by atoms with E-state index in [2.05, 4.69) is 0 Å². The summed E-state index contributed by atoms with van der Waals surface area (Å²) in [5, 5.41) is 18.6. The average molecular weight is 190 g/mol. The van der Waals surface area contributed by atoms with Crippen LogP contribution >= 0.6 is 0 Å². The smallest absolute Gasteiger partial charge is 0.243 e. The van der Waals surface area contributed by atoms with Gasteiger partial charge < -0.3 is 0 Å². The highest BCUT2D eigenvalue weighted by molar-refractivity contribution is 7.91. The van der Waals surface area contributed by atoms with E-state index in [0.29, 0.717) is 0 Å². The minimum Gasteiger partial charge on any atom is -0.264 e. The molecular formula is C5H6N2O4S. The van der Waals surface area contributed by atoms with Crippen LogP contribution < -0.4 is 0 Å². The largest absolute Gasteiger partial charge is 0.264 e. The van der Waals surface area contributed by atoms with Gasteiger partial charge in [0.15, 0.2) is 9.84 Å². The van der Waals surface area contributed by atoms with E-state index in [-0.39, 0.29) is 5.75 Å². The third-order valence-corrected chi connectivity index (χ3v) is 3.48. The first kappa shape index (κ1) is 8.93. The van der Waals surface area contributed by atoms with Gasteiger partial charge in [0.2, 0.25) is 6.04 Å². The van der Waals surface area contributed by atoms with Crippen molar-refractivity contribution in [1.29, 1.82) is 5.26 Å². The number of hydrogen-bond acceptors (Lipinski definition) is 5. The monoisotopic (exact) mass is 190 g/mol. The van der Waals surface area contributed by atoms with Crippen molar-refractivity contribution in [3.8, 4) is 6.07 Å². The molecule has 12 heavy (non-hydrogen) atoms. The fraction of sp³-hybridized carbons (Fsp3) is 0.800. The number of sulfone groups is 1. The highest BCUT2D eigenvalue weighted by Gasteiger charge is 2.45. The predicted octanol–water partition coefficient (Wildman–Crippen LogP) is -0.800. The van der Waals surface area contributed by atoms with Crippen LogP contribution in [0.25, 0.3) is 0 Å². The van der Waals surface area contributed by atoms with Gasteiger partial charge in [0.25, 0.3) is 0 Å². The lowest BCUT2D eigenvalue weighted by atomic mass is 10.1. The van der Waals surface area contributed by atoms with E-state index in [1.807, 2.05) is 0 Å². The maximum atomic E-state index is 10.9. The average Bonchev–Trinajstić information content (AvgIpc) is 2.25. The first-order valence-corrected chi connectivity index (χ1v) is 5.02. The molecule has 6 nitrogen and oxygen atoms in total. The molecule has 66 valence electrons. The van der Waals surface area contributed by atoms with E-state index >= 15 is 0 Å². The maximum absolute atomic E-state index is 10.9. The van der Waals surface area contributed by atoms with E-state index in [1.165, 1.54) is 0 Å². The van der Waals surface area contributed by atoms with Crippen molar-refractivity contribution in [3.05, 3.63) is 10.1 Å². The van der Waals surface area contributed by atoms with E-state index in [1.54, 1.807) is 6.07 Å². The second kappa shape index (κ2) is 2.71. The molecule has 2 atom stereocenters. The summed E-state index contributed by atoms with van der Waals surface area (Å²) >= 11 is 0. The third kappa shape index (κ3) is 1.53. The van der Waals surface area contributed by atoms with Gasteiger partial charge in [-0.05, 0) is 0 Å². The van der Waals surface area contributed by atoms with Crippen molar-refractivity contribution in [1.82, 2.24) is 0 Å². The van der Waals surface area contributed by atoms with Crippen LogP contribution in [0.3, 0.4) is 0 Å². The van der Waals surface area contributed by atoms with Gasteiger partial charge >= 0.3 is 0 Å². The van der Waals surface area contributed by atoms with Crippen LogP contribution in [0.5, 0.6) is 0 Å². The minimum absolute atomic E-state index is 0.380. The fourth-order valence-electron chi connectivity index (χ4n) is 1.16. The number of nitriles is 1. The topological polar surface area (TPSA) is 101 Å². The molecule has 1 aliphatic heterocycles. The summed E-state index contributed by atoms with van der Waals surface area (Å²) in [6.07, 6.45) is 0. The van der Waals surface area contributed by atoms with Crippen molar-refractivity contribution in [3.63, 3.8) is 0 Å². The molecule has 0 N–H and O–H groups in total. The molecule has 1 fully saturated rings. The number of hydrogen-bond donors (Lipinski definition) is 0. The summed E-state index contributed by atoms with van der Waals surface area (Å²) in [5.74, 6) is -1.86. The highest BCUT2D eigenvalue weighted by atomic mass is 32.2. The van der Waals surface area contributed by atoms with E-state index in [4.69, 9.17) is 5.26 Å². The lowest BCUT2D eigenvalue weighted by molar-refractivity contribution is -0.520. The lowest BCUT2D eigenvalue weighted by Crippen LogP contribution is -2.26. The van der Waals surface area contributed by atoms with E-state index < -0.39 is 32.5 Å². The molecule has 0 aliphatic carbocycles. The van der Waals surface area contributed by atoms with Crippen molar-refractivity contribution >= 4 is 9.84 Å². The Balaban J connectivity index is 2.93. The highest BCUT2D eigenvalue weighted by Crippen LogP contribution is 2.20. The molecule has 0 spiro atoms. The molecule has 0 radical (unpaired) electrons. The van der Waals surface area contributed by atoms with Gasteiger partial charge in [-0.15, -0.1) is 0 Å². The minimum atomic E-state index is -3.37. The molecule has 0 aromatic heterocycles. The Hall–Kier alpha value is -1.16. The zero-order valence-corrected chi connectivity index (χ0v) is 6.82. The Morgan fingerprint density at radius 2 is 2.08 bits per heavy atom. The molecule has 1 heterocycles. The molecular weight excluding hydrogens is 184 g/mol. The molecule has 0 bridgehead atoms. The fourth-order valence-corrected chi connectivity index (χ4v) is 3.01. The van der Waals surface area contributed by atoms with Gasteiger partial charge in [0.05, 0.1) is 11.8 Å². The van der Waals surface area contributed by atoms with Gasteiger partial charge in [-0.2, -0.15) is 5.26 Å². The summed E-state index contributed by atoms with van der Waals surface area (Å²) in [7, 11) is -3.37. The Morgan fingerprint density at radius 3 is 2.42 bits per heavy atom. The van der Waals surface area contributed by atoms with Crippen LogP contribution in [0, 0.1) is 27.4 Å². The summed E-state index contributed by atoms with van der Waals surface area (Å²) < 4.78 is 21.7. The Morgan fingerprint density at radius 1 is 1.50 bits per heavy atom. The molecule has 1 saturated heterocycles. The zero-order valence-electron chi connectivity index (χ0n) is 6.00. The third-order valence-electron chi connectivity index (χ3n) is 1.76. The van der Waals surface area contributed by atoms with Gasteiger partial charge in [0.1, 0.15) is 11.7 Å². The predicted molar refractivity (Wildman–Crippen MR) is 38.5 cm³/mol. The van der Waals surface area contributed by atoms with E-state index in [0.717, 1.165) is 0 Å². The number of nitro groups is 1. The van der Waals surface area contributed by atoms with Crippen LogP contribution in [-0.2, 0) is 9.84 Å². The van der Waals surface area contributed by atoms with Crippen LogP contribution in [0.1, 0.15) is 0 Å². The molecule has 1 rings (SSSR count). The second-order valence-corrected chi connectivity index (χ2v) is 4.82. The van der Waals surface area contributed by atoms with Crippen LogP contribution in [0.15, 0.2) is 0 Å². The van der Waals surface area contributed by atoms with Gasteiger partial charge in [-0.3, -0.25) is 10.1 Å². The second-order valence-electron chi connectivity index (χ2n) is 2.67. The molecule has 0 saturated carbocycles. The van der Waals surface area contributed by atoms with Gasteiger partial charge in [0, 0.05) is 4.92 Å². The van der Waals surface area contributed by atoms with Crippen molar-refractivity contribution < 1.29 is 13.3 Å². The SMILES string of the molecule is N#CC1CS(=O)(=O)CC1[N+](=O)[O-]. The van der Waals surface area contributed by atoms with Gasteiger partial charge in [-0.1, -0.05) is 0 Å². The molecule has 2 unspecified atom stereocenters. The molecule has 0 aromatic carbocycles. The Bertz CT molecular complexity index is 341. The van der Waals surface area contributed by atoms with Crippen molar-refractivity contribution in [2.24, 2.45) is 5.92 Å². The van der Waals surface area contributed by atoms with Crippen LogP contribution in [-0.4, -0.2) is 30.9 Å². The lowest BCUT2D eigenvalue weighted by Gasteiger charge is -2.00. The summed E-state index contributed by atoms with van der Waals surface area (Å²) in [4.78, 5) is 9.55. The first-order valence-electron chi connectivity index (χ1n) is 3.20. The first-order chi connectivity index (χ1) is 5.46. The maximum Gasteiger partial charge on any atom is 0.243 e. The quantitative estimate of drug-likeness (QED) is 0.398. The Labute approximate surface area is 68.9 Å². The summed E-state index contributed by atoms with van der Waals surface area (Å²) in [6.45, 7) is 0. The van der Waals surface area contributed by atoms with Crippen LogP contribution in [0.2, 0.25) is 0 Å². The molecule has 1 aliphatic rings. The van der Waals surface area contributed by atoms with Crippen molar-refractivity contribution in [2.45, 2.75) is 6.04 Å². The summed E-state index contributed by atoms with van der Waals surface area (Å²) in [5.41, 5.74) is 0. The molecule has 7 heteroatoms.